The van der Waals surface area contributed by atoms with E-state index in [9.17, 15) is 19.1 Å². The van der Waals surface area contributed by atoms with Crippen molar-refractivity contribution in [3.8, 4) is 17.5 Å². The largest absolute Gasteiger partial charge is 0.465 e. The molecule has 3 aromatic rings. The third kappa shape index (κ3) is 6.80. The first-order valence-electron chi connectivity index (χ1n) is 12.8. The molecule has 0 spiro atoms. The summed E-state index contributed by atoms with van der Waals surface area (Å²) in [6, 6.07) is 9.22. The van der Waals surface area contributed by atoms with Gasteiger partial charge in [-0.25, -0.2) is 13.7 Å². The van der Waals surface area contributed by atoms with Gasteiger partial charge in [-0.05, 0) is 69.7 Å². The van der Waals surface area contributed by atoms with Crippen molar-refractivity contribution in [2.45, 2.75) is 57.3 Å². The first-order chi connectivity index (χ1) is 18.5. The Morgan fingerprint density at radius 3 is 2.62 bits per heavy atom. The van der Waals surface area contributed by atoms with Gasteiger partial charge in [-0.15, -0.1) is 0 Å². The Hall–Kier alpha value is -4.24. The van der Waals surface area contributed by atoms with Crippen molar-refractivity contribution < 1.29 is 24.2 Å². The molecule has 0 aliphatic heterocycles. The van der Waals surface area contributed by atoms with Gasteiger partial charge in [0.1, 0.15) is 12.2 Å². The van der Waals surface area contributed by atoms with Gasteiger partial charge in [0, 0.05) is 18.8 Å². The third-order valence-corrected chi connectivity index (χ3v) is 7.00. The maximum absolute atomic E-state index is 14.3. The number of hydrogen-bond donors (Lipinski definition) is 5. The van der Waals surface area contributed by atoms with E-state index in [1.54, 1.807) is 16.6 Å². The predicted octanol–water partition coefficient (Wildman–Crippen LogP) is 3.35. The Kier molecular flexibility index (Phi) is 8.30. The van der Waals surface area contributed by atoms with Crippen LogP contribution in [0.2, 0.25) is 0 Å². The van der Waals surface area contributed by atoms with Crippen molar-refractivity contribution in [3.63, 3.8) is 0 Å². The van der Waals surface area contributed by atoms with E-state index >= 15 is 0 Å². The lowest BCUT2D eigenvalue weighted by Gasteiger charge is -2.30. The Balaban J connectivity index is 1.58. The summed E-state index contributed by atoms with van der Waals surface area (Å²) in [6.07, 6.45) is 3.40. The molecule has 12 heteroatoms. The number of alkyl halides is 1. The van der Waals surface area contributed by atoms with Crippen LogP contribution in [0.3, 0.4) is 0 Å². The highest BCUT2D eigenvalue weighted by Crippen LogP contribution is 2.30. The Bertz CT molecular complexity index is 1390. The Labute approximate surface area is 225 Å². The lowest BCUT2D eigenvalue weighted by Crippen LogP contribution is -2.42. The summed E-state index contributed by atoms with van der Waals surface area (Å²) in [5.41, 5.74) is 1.52. The maximum atomic E-state index is 14.3. The molecule has 1 aliphatic rings. The molecular weight excluding hydrogens is 505 g/mol. The van der Waals surface area contributed by atoms with Gasteiger partial charge in [0.25, 0.3) is 5.91 Å². The van der Waals surface area contributed by atoms with Crippen LogP contribution in [-0.4, -0.2) is 67.7 Å². The summed E-state index contributed by atoms with van der Waals surface area (Å²) < 4.78 is 16.0. The number of rotatable bonds is 9. The van der Waals surface area contributed by atoms with Crippen LogP contribution in [0.15, 0.2) is 36.7 Å². The minimum Gasteiger partial charge on any atom is -0.465 e. The van der Waals surface area contributed by atoms with Crippen LogP contribution in [0, 0.1) is 17.2 Å². The maximum Gasteiger partial charge on any atom is 0.404 e. The fraction of sp³-hybridized carbons (Fsp3) is 0.444. The van der Waals surface area contributed by atoms with Crippen LogP contribution >= 0.6 is 0 Å². The van der Waals surface area contributed by atoms with Crippen LogP contribution in [-0.2, 0) is 0 Å². The van der Waals surface area contributed by atoms with Gasteiger partial charge in [0.05, 0.1) is 52.1 Å². The summed E-state index contributed by atoms with van der Waals surface area (Å²) >= 11 is 0. The molecule has 11 nitrogen and oxygen atoms in total. The smallest absolute Gasteiger partial charge is 0.404 e. The first-order valence-corrected chi connectivity index (χ1v) is 12.8. The predicted molar refractivity (Wildman–Crippen MR) is 142 cm³/mol. The molecule has 1 atom stereocenters. The van der Waals surface area contributed by atoms with Crippen molar-refractivity contribution >= 4 is 23.2 Å². The van der Waals surface area contributed by atoms with Crippen LogP contribution in [0.5, 0.6) is 0 Å². The average molecular weight is 538 g/mol. The molecule has 2 amide bonds. The van der Waals surface area contributed by atoms with Crippen LogP contribution < -0.4 is 16.0 Å². The number of nitriles is 1. The van der Waals surface area contributed by atoms with E-state index in [-0.39, 0.29) is 24.1 Å². The molecule has 0 radical (unpaired) electrons. The average Bonchev–Trinajstić information content (AvgIpc) is 3.33. The van der Waals surface area contributed by atoms with Crippen LogP contribution in [0.25, 0.3) is 16.9 Å². The third-order valence-electron chi connectivity index (χ3n) is 7.00. The number of aliphatic hydroxyl groups is 1. The zero-order valence-electron chi connectivity index (χ0n) is 21.8. The normalized spacial score (nSPS) is 18.2. The summed E-state index contributed by atoms with van der Waals surface area (Å²) in [7, 11) is 0. The number of fused-ring (bicyclic) bond motifs is 1. The lowest BCUT2D eigenvalue weighted by atomic mass is 9.86. The van der Waals surface area contributed by atoms with Gasteiger partial charge < -0.3 is 26.2 Å². The second kappa shape index (κ2) is 11.7. The molecule has 0 bridgehead atoms. The number of amides is 2. The zero-order chi connectivity index (χ0) is 28.2. The number of carboxylic acid groups (broad SMARTS) is 1. The number of nitrogens with zero attached hydrogens (tertiary/aromatic N) is 4. The van der Waals surface area contributed by atoms with Crippen molar-refractivity contribution in [1.29, 1.82) is 5.26 Å². The van der Waals surface area contributed by atoms with E-state index in [0.717, 1.165) is 31.2 Å². The van der Waals surface area contributed by atoms with E-state index in [2.05, 4.69) is 32.1 Å². The molecule has 0 unspecified atom stereocenters. The molecule has 1 aliphatic carbocycles. The van der Waals surface area contributed by atoms with E-state index in [1.165, 1.54) is 26.2 Å². The molecule has 3 heterocycles. The second-order valence-corrected chi connectivity index (χ2v) is 10.4. The summed E-state index contributed by atoms with van der Waals surface area (Å²) in [5, 5.41) is 40.7. The Morgan fingerprint density at radius 1 is 1.21 bits per heavy atom. The highest BCUT2D eigenvalue weighted by Gasteiger charge is 2.28. The van der Waals surface area contributed by atoms with Crippen molar-refractivity contribution in [2.24, 2.45) is 5.92 Å². The zero-order valence-corrected chi connectivity index (χ0v) is 21.8. The minimum atomic E-state index is -1.66. The first kappa shape index (κ1) is 27.8. The fourth-order valence-corrected chi connectivity index (χ4v) is 4.64. The molecule has 1 fully saturated rings. The molecule has 1 saturated carbocycles. The van der Waals surface area contributed by atoms with Crippen molar-refractivity contribution in [2.75, 3.05) is 18.4 Å². The number of pyridine rings is 1. The highest BCUT2D eigenvalue weighted by molar-refractivity contribution is 6.00. The molecule has 4 rings (SSSR count). The Morgan fingerprint density at radius 2 is 1.95 bits per heavy atom. The van der Waals surface area contributed by atoms with Gasteiger partial charge >= 0.3 is 6.09 Å². The van der Waals surface area contributed by atoms with Gasteiger partial charge in [-0.3, -0.25) is 9.78 Å². The van der Waals surface area contributed by atoms with Crippen molar-refractivity contribution in [3.05, 3.63) is 47.8 Å². The number of hydrogen-bond acceptors (Lipinski definition) is 7. The van der Waals surface area contributed by atoms with Gasteiger partial charge in [-0.1, -0.05) is 0 Å². The molecule has 39 heavy (non-hydrogen) atoms. The molecule has 3 aromatic heterocycles. The molecule has 0 aromatic carbocycles. The number of halogens is 1. The van der Waals surface area contributed by atoms with Crippen LogP contribution in [0.4, 0.5) is 14.9 Å². The monoisotopic (exact) mass is 537 g/mol. The number of carbonyl (C=O) groups is 2. The fourth-order valence-electron chi connectivity index (χ4n) is 4.64. The summed E-state index contributed by atoms with van der Waals surface area (Å²) in [6.45, 7) is 2.72. The van der Waals surface area contributed by atoms with E-state index in [1.807, 2.05) is 12.1 Å². The molecule has 206 valence electrons. The lowest BCUT2D eigenvalue weighted by molar-refractivity contribution is -0.00177. The summed E-state index contributed by atoms with van der Waals surface area (Å²) in [5.74, 6) is -0.283. The topological polar surface area (TPSA) is 165 Å². The van der Waals surface area contributed by atoms with Gasteiger partial charge in [0.2, 0.25) is 0 Å². The van der Waals surface area contributed by atoms with E-state index in [0.29, 0.717) is 29.2 Å². The number of aromatic nitrogens is 3. The van der Waals surface area contributed by atoms with Gasteiger partial charge in [-0.2, -0.15) is 10.4 Å². The quantitative estimate of drug-likeness (QED) is 0.277. The van der Waals surface area contributed by atoms with Crippen LogP contribution in [0.1, 0.15) is 55.5 Å². The molecular formula is C27H32FN7O4. The minimum absolute atomic E-state index is 0.0403. The summed E-state index contributed by atoms with van der Waals surface area (Å²) in [4.78, 5) is 28.4. The molecule has 0 saturated heterocycles. The van der Waals surface area contributed by atoms with E-state index < -0.39 is 23.8 Å². The van der Waals surface area contributed by atoms with Gasteiger partial charge in [0.15, 0.2) is 0 Å². The second-order valence-electron chi connectivity index (χ2n) is 10.4. The highest BCUT2D eigenvalue weighted by atomic mass is 19.1. The SMILES string of the molecule is CC(C)(O)[C@H](F)CNC(=O)c1cnc(-c2ccc3cc(C#N)cnn23)cc1NC1CCC(CNC(=O)O)CC1. The molecule has 5 N–H and O–H groups in total. The number of nitrogens with one attached hydrogen (secondary N) is 3. The van der Waals surface area contributed by atoms with E-state index in [4.69, 9.17) is 10.4 Å². The standard InChI is InChI=1S/C27H32FN7O4/c1-27(2,39)24(28)15-31-25(36)20-14-30-22(23-8-7-19-9-17(11-29)13-33-35(19)23)10-21(20)34-18-5-3-16(4-6-18)12-32-26(37)38/h7-10,13-14,16,18,24,32,39H,3-6,12,15H2,1-2H3,(H,30,34)(H,31,36)(H,37,38)/t16?,18?,24-/m1/s1. The van der Waals surface area contributed by atoms with Crippen molar-refractivity contribution in [1.82, 2.24) is 25.2 Å². The number of anilines is 1. The number of carbonyl (C=O) groups excluding carboxylic acids is 1.